The van der Waals surface area contributed by atoms with Crippen molar-refractivity contribution in [1.82, 2.24) is 5.32 Å². The topological polar surface area (TPSA) is 47.6 Å². The van der Waals surface area contributed by atoms with Gasteiger partial charge in [-0.15, -0.1) is 0 Å². The van der Waals surface area contributed by atoms with Gasteiger partial charge in [0.15, 0.2) is 0 Å². The summed E-state index contributed by atoms with van der Waals surface area (Å²) in [6.45, 7) is 1.23. The number of nitrogens with one attached hydrogen (secondary N) is 1. The average molecular weight is 254 g/mol. The van der Waals surface area contributed by atoms with E-state index in [0.29, 0.717) is 35.2 Å². The summed E-state index contributed by atoms with van der Waals surface area (Å²) >= 11 is 5.81. The monoisotopic (exact) mass is 253 g/mol. The van der Waals surface area contributed by atoms with Crippen LogP contribution in [-0.2, 0) is 14.3 Å². The Labute approximate surface area is 104 Å². The van der Waals surface area contributed by atoms with E-state index in [9.17, 15) is 4.79 Å². The van der Waals surface area contributed by atoms with Gasteiger partial charge in [0.1, 0.15) is 12.2 Å². The second kappa shape index (κ2) is 5.10. The van der Waals surface area contributed by atoms with Gasteiger partial charge in [0, 0.05) is 5.02 Å². The molecular formula is C12H12ClNO3. The number of ether oxygens (including phenoxy) is 2. The van der Waals surface area contributed by atoms with Crippen LogP contribution >= 0.6 is 11.6 Å². The molecule has 0 spiro atoms. The molecule has 17 heavy (non-hydrogen) atoms. The van der Waals surface area contributed by atoms with Gasteiger partial charge in [0.2, 0.25) is 5.88 Å². The highest BCUT2D eigenvalue weighted by Gasteiger charge is 2.22. The zero-order valence-corrected chi connectivity index (χ0v) is 10.1. The van der Waals surface area contributed by atoms with E-state index in [4.69, 9.17) is 21.1 Å². The molecule has 90 valence electrons. The predicted octanol–water partition coefficient (Wildman–Crippen LogP) is 1.80. The number of hydrogen-bond acceptors (Lipinski definition) is 4. The van der Waals surface area contributed by atoms with Crippen LogP contribution in [0.15, 0.2) is 30.1 Å². The van der Waals surface area contributed by atoms with Gasteiger partial charge in [-0.1, -0.05) is 23.7 Å². The first-order valence-corrected chi connectivity index (χ1v) is 5.55. The third-order valence-corrected chi connectivity index (χ3v) is 2.64. The number of methoxy groups -OCH3 is 1. The van der Waals surface area contributed by atoms with Crippen LogP contribution in [-0.4, -0.2) is 26.2 Å². The van der Waals surface area contributed by atoms with Crippen molar-refractivity contribution < 1.29 is 14.3 Å². The normalized spacial score (nSPS) is 17.1. The largest absolute Gasteiger partial charge is 0.477 e. The molecule has 0 radical (unpaired) electrons. The Balaban J connectivity index is 2.43. The minimum atomic E-state index is -0.434. The molecule has 4 nitrogen and oxygen atoms in total. The minimum Gasteiger partial charge on any atom is -0.477 e. The van der Waals surface area contributed by atoms with Crippen molar-refractivity contribution in [1.29, 1.82) is 0 Å². The van der Waals surface area contributed by atoms with Crippen LogP contribution in [0.5, 0.6) is 0 Å². The van der Waals surface area contributed by atoms with E-state index < -0.39 is 5.97 Å². The molecule has 0 aromatic heterocycles. The van der Waals surface area contributed by atoms with Gasteiger partial charge in [-0.3, -0.25) is 0 Å². The maximum atomic E-state index is 11.8. The molecule has 0 atom stereocenters. The summed E-state index contributed by atoms with van der Waals surface area (Å²) in [5.74, 6) is 0.0240. The summed E-state index contributed by atoms with van der Waals surface area (Å²) in [5.41, 5.74) is 1.10. The van der Waals surface area contributed by atoms with E-state index in [1.54, 1.807) is 24.3 Å². The number of rotatable bonds is 2. The van der Waals surface area contributed by atoms with Crippen molar-refractivity contribution in [2.24, 2.45) is 0 Å². The zero-order valence-electron chi connectivity index (χ0n) is 9.33. The predicted molar refractivity (Wildman–Crippen MR) is 64.3 cm³/mol. The molecule has 0 amide bonds. The Bertz CT molecular complexity index is 445. The molecule has 1 aliphatic heterocycles. The van der Waals surface area contributed by atoms with Gasteiger partial charge in [-0.2, -0.15) is 0 Å². The fourth-order valence-electron chi connectivity index (χ4n) is 1.59. The van der Waals surface area contributed by atoms with Crippen LogP contribution in [0.3, 0.4) is 0 Å². The molecule has 1 saturated heterocycles. The quantitative estimate of drug-likeness (QED) is 0.645. The standard InChI is InChI=1S/C12H12ClNO3/c1-16-12(15)10(11-14-6-7-17-11)8-2-4-9(13)5-3-8/h2-5,14H,6-7H2,1H3/b11-10+. The Morgan fingerprint density at radius 1 is 1.41 bits per heavy atom. The summed E-state index contributed by atoms with van der Waals surface area (Å²) in [6, 6.07) is 6.95. The summed E-state index contributed by atoms with van der Waals surface area (Å²) in [5, 5.41) is 3.62. The Kier molecular flexibility index (Phi) is 3.54. The molecule has 1 aliphatic rings. The second-order valence-electron chi connectivity index (χ2n) is 3.48. The molecule has 0 aliphatic carbocycles. The van der Waals surface area contributed by atoms with Gasteiger partial charge >= 0.3 is 5.97 Å². The number of halogens is 1. The zero-order chi connectivity index (χ0) is 12.3. The van der Waals surface area contributed by atoms with Crippen LogP contribution in [0.1, 0.15) is 5.56 Å². The van der Waals surface area contributed by atoms with Crippen molar-refractivity contribution in [3.05, 3.63) is 40.7 Å². The summed E-state index contributed by atoms with van der Waals surface area (Å²) in [7, 11) is 1.34. The summed E-state index contributed by atoms with van der Waals surface area (Å²) < 4.78 is 10.1. The molecule has 1 N–H and O–H groups in total. The van der Waals surface area contributed by atoms with Gasteiger partial charge < -0.3 is 14.8 Å². The number of carbonyl (C=O) groups is 1. The maximum Gasteiger partial charge on any atom is 0.343 e. The number of carbonyl (C=O) groups excluding carboxylic acids is 1. The highest BCUT2D eigenvalue weighted by molar-refractivity contribution is 6.30. The highest BCUT2D eigenvalue weighted by atomic mass is 35.5. The molecule has 0 saturated carbocycles. The molecule has 0 bridgehead atoms. The first kappa shape index (κ1) is 11.8. The summed E-state index contributed by atoms with van der Waals surface area (Å²) in [6.07, 6.45) is 0. The van der Waals surface area contributed by atoms with Gasteiger partial charge in [-0.25, -0.2) is 4.79 Å². The first-order valence-electron chi connectivity index (χ1n) is 5.17. The first-order chi connectivity index (χ1) is 8.22. The van der Waals surface area contributed by atoms with E-state index in [2.05, 4.69) is 5.32 Å². The lowest BCUT2D eigenvalue weighted by molar-refractivity contribution is -0.133. The smallest absolute Gasteiger partial charge is 0.343 e. The Morgan fingerprint density at radius 3 is 2.65 bits per heavy atom. The van der Waals surface area contributed by atoms with Crippen LogP contribution < -0.4 is 5.32 Å². The maximum absolute atomic E-state index is 11.8. The summed E-state index contributed by atoms with van der Waals surface area (Å²) in [4.78, 5) is 11.8. The van der Waals surface area contributed by atoms with E-state index in [-0.39, 0.29) is 0 Å². The van der Waals surface area contributed by atoms with Crippen LogP contribution in [0.25, 0.3) is 5.57 Å². The van der Waals surface area contributed by atoms with E-state index in [1.807, 2.05) is 0 Å². The fraction of sp³-hybridized carbons (Fsp3) is 0.250. The lowest BCUT2D eigenvalue weighted by Gasteiger charge is -2.09. The fourth-order valence-corrected chi connectivity index (χ4v) is 1.72. The molecule has 1 fully saturated rings. The van der Waals surface area contributed by atoms with E-state index >= 15 is 0 Å². The molecule has 0 unspecified atom stereocenters. The average Bonchev–Trinajstić information content (AvgIpc) is 2.85. The lowest BCUT2D eigenvalue weighted by Crippen LogP contribution is -2.13. The van der Waals surface area contributed by atoms with Crippen LogP contribution in [0, 0.1) is 0 Å². The van der Waals surface area contributed by atoms with Crippen LogP contribution in [0.4, 0.5) is 0 Å². The number of benzene rings is 1. The lowest BCUT2D eigenvalue weighted by atomic mass is 10.1. The SMILES string of the molecule is COC(=O)/C(=C1\NCCO1)c1ccc(Cl)cc1. The van der Waals surface area contributed by atoms with Gasteiger partial charge in [0.25, 0.3) is 0 Å². The van der Waals surface area contributed by atoms with Crippen molar-refractivity contribution in [3.63, 3.8) is 0 Å². The number of hydrogen-bond donors (Lipinski definition) is 1. The molecule has 1 heterocycles. The Morgan fingerprint density at radius 2 is 2.12 bits per heavy atom. The molecule has 5 heteroatoms. The number of esters is 1. The third kappa shape index (κ3) is 2.53. The highest BCUT2D eigenvalue weighted by Crippen LogP contribution is 2.23. The molecule has 1 aromatic carbocycles. The van der Waals surface area contributed by atoms with E-state index in [1.165, 1.54) is 7.11 Å². The van der Waals surface area contributed by atoms with Crippen molar-refractivity contribution >= 4 is 23.1 Å². The minimum absolute atomic E-state index is 0.390. The van der Waals surface area contributed by atoms with Crippen molar-refractivity contribution in [2.75, 3.05) is 20.3 Å². The Hall–Kier alpha value is -1.68. The van der Waals surface area contributed by atoms with Gasteiger partial charge in [-0.05, 0) is 17.7 Å². The third-order valence-electron chi connectivity index (χ3n) is 2.38. The molecule has 2 rings (SSSR count). The second-order valence-corrected chi connectivity index (χ2v) is 3.91. The van der Waals surface area contributed by atoms with Crippen LogP contribution in [0.2, 0.25) is 5.02 Å². The molecule has 1 aromatic rings. The van der Waals surface area contributed by atoms with Crippen molar-refractivity contribution in [2.45, 2.75) is 0 Å². The van der Waals surface area contributed by atoms with Gasteiger partial charge in [0.05, 0.1) is 13.7 Å². The van der Waals surface area contributed by atoms with E-state index in [0.717, 1.165) is 0 Å². The van der Waals surface area contributed by atoms with Crippen molar-refractivity contribution in [3.8, 4) is 0 Å². The molecular weight excluding hydrogens is 242 g/mol.